The van der Waals surface area contributed by atoms with Crippen molar-refractivity contribution in [2.45, 2.75) is 26.4 Å². The summed E-state index contributed by atoms with van der Waals surface area (Å²) < 4.78 is 0. The van der Waals surface area contributed by atoms with Crippen molar-refractivity contribution in [3.05, 3.63) is 28.8 Å². The highest BCUT2D eigenvalue weighted by atomic mass is 35.5. The van der Waals surface area contributed by atoms with Gasteiger partial charge < -0.3 is 11.5 Å². The van der Waals surface area contributed by atoms with E-state index in [0.717, 1.165) is 11.3 Å². The van der Waals surface area contributed by atoms with E-state index in [1.54, 1.807) is 4.90 Å². The second-order valence-electron chi connectivity index (χ2n) is 4.70. The van der Waals surface area contributed by atoms with Gasteiger partial charge in [-0.05, 0) is 38.5 Å². The van der Waals surface area contributed by atoms with Crippen molar-refractivity contribution in [3.63, 3.8) is 0 Å². The third-order valence-electron chi connectivity index (χ3n) is 2.81. The van der Waals surface area contributed by atoms with Gasteiger partial charge in [0.25, 0.3) is 0 Å². The van der Waals surface area contributed by atoms with Crippen LogP contribution in [0.2, 0.25) is 5.02 Å². The van der Waals surface area contributed by atoms with Crippen molar-refractivity contribution in [1.29, 1.82) is 0 Å². The number of benzene rings is 1. The largest absolute Gasteiger partial charge is 0.369 e. The Morgan fingerprint density at radius 3 is 2.42 bits per heavy atom. The monoisotopic (exact) mass is 301 g/mol. The Labute approximate surface area is 123 Å². The number of halogens is 2. The maximum absolute atomic E-state index is 6.13. The van der Waals surface area contributed by atoms with Crippen molar-refractivity contribution < 1.29 is 0 Å². The summed E-state index contributed by atoms with van der Waals surface area (Å²) in [5, 5.41) is 0.679. The third kappa shape index (κ3) is 2.93. The number of guanidine groups is 2. The van der Waals surface area contributed by atoms with Crippen molar-refractivity contribution in [3.8, 4) is 0 Å². The van der Waals surface area contributed by atoms with E-state index in [2.05, 4.69) is 9.98 Å². The maximum atomic E-state index is 6.13. The van der Waals surface area contributed by atoms with E-state index in [4.69, 9.17) is 23.1 Å². The van der Waals surface area contributed by atoms with E-state index >= 15 is 0 Å². The number of hydrogen-bond acceptors (Lipinski definition) is 5. The Kier molecular flexibility index (Phi) is 4.32. The first-order chi connectivity index (χ1) is 8.31. The molecule has 4 N–H and O–H groups in total. The van der Waals surface area contributed by atoms with Crippen LogP contribution in [-0.4, -0.2) is 17.6 Å². The van der Waals surface area contributed by atoms with E-state index in [9.17, 15) is 0 Å². The first kappa shape index (κ1) is 15.6. The van der Waals surface area contributed by atoms with Crippen LogP contribution in [0.4, 0.5) is 5.69 Å². The summed E-state index contributed by atoms with van der Waals surface area (Å²) in [4.78, 5) is 10.1. The van der Waals surface area contributed by atoms with Crippen molar-refractivity contribution >= 4 is 41.6 Å². The summed E-state index contributed by atoms with van der Waals surface area (Å²) in [5.74, 6) is 0.499. The van der Waals surface area contributed by atoms with Gasteiger partial charge in [0.05, 0.1) is 0 Å². The second kappa shape index (κ2) is 5.27. The van der Waals surface area contributed by atoms with E-state index < -0.39 is 5.66 Å². The molecule has 19 heavy (non-hydrogen) atoms. The minimum absolute atomic E-state index is 0. The lowest BCUT2D eigenvalue weighted by atomic mass is 10.1. The first-order valence-corrected chi connectivity index (χ1v) is 5.95. The molecule has 0 unspecified atom stereocenters. The maximum Gasteiger partial charge on any atom is 0.220 e. The molecule has 1 aromatic rings. The molecule has 0 spiro atoms. The normalized spacial score (nSPS) is 17.4. The van der Waals surface area contributed by atoms with E-state index in [-0.39, 0.29) is 18.4 Å². The number of nitrogens with zero attached hydrogens (tertiary/aromatic N) is 3. The molecule has 0 aromatic heterocycles. The van der Waals surface area contributed by atoms with Crippen LogP contribution in [0, 0.1) is 6.92 Å². The van der Waals surface area contributed by atoms with Gasteiger partial charge in [-0.1, -0.05) is 17.7 Å². The van der Waals surface area contributed by atoms with Gasteiger partial charge in [-0.3, -0.25) is 4.90 Å². The number of hydrogen-bond donors (Lipinski definition) is 2. The zero-order chi connectivity index (χ0) is 13.5. The van der Waals surface area contributed by atoms with Gasteiger partial charge >= 0.3 is 0 Å². The predicted molar refractivity (Wildman–Crippen MR) is 83.2 cm³/mol. The predicted octanol–water partition coefficient (Wildman–Crippen LogP) is 2.26. The van der Waals surface area contributed by atoms with Gasteiger partial charge in [-0.15, -0.1) is 12.4 Å². The molecular weight excluding hydrogens is 285 g/mol. The number of aliphatic imine (C=N–C) groups is 2. The molecule has 1 aliphatic rings. The highest BCUT2D eigenvalue weighted by molar-refractivity contribution is 6.31. The lowest BCUT2D eigenvalue weighted by molar-refractivity contribution is 0.534. The standard InChI is InChI=1S/C12H16ClN5.ClH/c1-7-4-5-8(6-9(7)13)18-11(15)16-10(14)17-12(18,2)3;/h4-6H,1-3H3,(H4,14,15,16,17);1H. The van der Waals surface area contributed by atoms with Crippen LogP contribution in [0.5, 0.6) is 0 Å². The van der Waals surface area contributed by atoms with Crippen molar-refractivity contribution in [1.82, 2.24) is 0 Å². The summed E-state index contributed by atoms with van der Waals surface area (Å²) in [6.07, 6.45) is 0. The Hall–Kier alpha value is -1.46. The molecule has 0 bridgehead atoms. The second-order valence-corrected chi connectivity index (χ2v) is 5.11. The van der Waals surface area contributed by atoms with Gasteiger partial charge in [-0.2, -0.15) is 4.99 Å². The van der Waals surface area contributed by atoms with Gasteiger partial charge in [0.2, 0.25) is 11.9 Å². The molecule has 0 saturated heterocycles. The van der Waals surface area contributed by atoms with E-state index in [1.807, 2.05) is 39.0 Å². The molecule has 1 aliphatic heterocycles. The van der Waals surface area contributed by atoms with Crippen LogP contribution >= 0.6 is 24.0 Å². The molecule has 2 rings (SSSR count). The van der Waals surface area contributed by atoms with Gasteiger partial charge in [0, 0.05) is 10.7 Å². The number of rotatable bonds is 1. The molecule has 1 heterocycles. The van der Waals surface area contributed by atoms with Gasteiger partial charge in [-0.25, -0.2) is 4.99 Å². The Balaban J connectivity index is 0.00000180. The van der Waals surface area contributed by atoms with Crippen LogP contribution in [0.3, 0.4) is 0 Å². The van der Waals surface area contributed by atoms with Crippen LogP contribution in [0.25, 0.3) is 0 Å². The topological polar surface area (TPSA) is 80.0 Å². The summed E-state index contributed by atoms with van der Waals surface area (Å²) in [6.45, 7) is 5.77. The summed E-state index contributed by atoms with van der Waals surface area (Å²) in [5.41, 5.74) is 12.8. The highest BCUT2D eigenvalue weighted by Gasteiger charge is 2.33. The average Bonchev–Trinajstić information content (AvgIpc) is 2.20. The molecule has 5 nitrogen and oxygen atoms in total. The molecule has 0 fully saturated rings. The third-order valence-corrected chi connectivity index (χ3v) is 3.21. The summed E-state index contributed by atoms with van der Waals surface area (Å²) >= 11 is 6.13. The molecule has 0 aliphatic carbocycles. The van der Waals surface area contributed by atoms with Crippen LogP contribution in [-0.2, 0) is 0 Å². The van der Waals surface area contributed by atoms with Crippen LogP contribution in [0.1, 0.15) is 19.4 Å². The van der Waals surface area contributed by atoms with E-state index in [1.165, 1.54) is 0 Å². The molecule has 1 aromatic carbocycles. The van der Waals surface area contributed by atoms with Crippen molar-refractivity contribution in [2.75, 3.05) is 4.90 Å². The molecule has 0 amide bonds. The smallest absolute Gasteiger partial charge is 0.220 e. The fourth-order valence-electron chi connectivity index (χ4n) is 1.97. The average molecular weight is 302 g/mol. The Morgan fingerprint density at radius 1 is 1.26 bits per heavy atom. The number of aryl methyl sites for hydroxylation is 1. The fourth-order valence-corrected chi connectivity index (χ4v) is 2.15. The zero-order valence-corrected chi connectivity index (χ0v) is 12.6. The highest BCUT2D eigenvalue weighted by Crippen LogP contribution is 2.30. The van der Waals surface area contributed by atoms with Gasteiger partial charge in [0.15, 0.2) is 0 Å². The first-order valence-electron chi connectivity index (χ1n) is 5.57. The van der Waals surface area contributed by atoms with Crippen molar-refractivity contribution in [2.24, 2.45) is 21.5 Å². The minimum Gasteiger partial charge on any atom is -0.369 e. The molecule has 104 valence electrons. The molecule has 0 atom stereocenters. The number of nitrogens with two attached hydrogens (primary N) is 2. The quantitative estimate of drug-likeness (QED) is 0.835. The van der Waals surface area contributed by atoms with Gasteiger partial charge in [0.1, 0.15) is 5.66 Å². The van der Waals surface area contributed by atoms with Crippen LogP contribution < -0.4 is 16.4 Å². The SMILES string of the molecule is Cc1ccc(N2C(N)=NC(N)=NC2(C)C)cc1Cl.Cl. The molecular formula is C12H17Cl2N5. The summed E-state index contributed by atoms with van der Waals surface area (Å²) in [7, 11) is 0. The Bertz CT molecular complexity index is 551. The zero-order valence-electron chi connectivity index (χ0n) is 11.0. The minimum atomic E-state index is -0.589. The lowest BCUT2D eigenvalue weighted by Gasteiger charge is -2.38. The lowest BCUT2D eigenvalue weighted by Crippen LogP contribution is -2.54. The number of anilines is 1. The molecule has 0 radical (unpaired) electrons. The Morgan fingerprint density at radius 2 is 1.89 bits per heavy atom. The molecule has 0 saturated carbocycles. The fraction of sp³-hybridized carbons (Fsp3) is 0.333. The van der Waals surface area contributed by atoms with Crippen LogP contribution in [0.15, 0.2) is 28.2 Å². The molecule has 7 heteroatoms. The van der Waals surface area contributed by atoms with E-state index in [0.29, 0.717) is 11.0 Å². The summed E-state index contributed by atoms with van der Waals surface area (Å²) in [6, 6.07) is 5.71.